The summed E-state index contributed by atoms with van der Waals surface area (Å²) in [5, 5.41) is 9.90. The number of nitrogens with two attached hydrogens (primary N) is 1. The van der Waals surface area contributed by atoms with Crippen LogP contribution in [0.3, 0.4) is 0 Å². The second kappa shape index (κ2) is 4.33. The van der Waals surface area contributed by atoms with Gasteiger partial charge in [-0.3, -0.25) is 0 Å². The number of phenols is 1. The van der Waals surface area contributed by atoms with E-state index in [1.54, 1.807) is 7.11 Å². The van der Waals surface area contributed by atoms with E-state index >= 15 is 0 Å². The second-order valence-electron chi connectivity index (χ2n) is 3.41. The van der Waals surface area contributed by atoms with Gasteiger partial charge in [-0.25, -0.2) is 0 Å². The van der Waals surface area contributed by atoms with Crippen molar-refractivity contribution >= 4 is 0 Å². The van der Waals surface area contributed by atoms with Crippen LogP contribution in [0.5, 0.6) is 11.5 Å². The van der Waals surface area contributed by atoms with Crippen molar-refractivity contribution in [1.82, 2.24) is 0 Å². The van der Waals surface area contributed by atoms with Gasteiger partial charge < -0.3 is 15.6 Å². The quantitative estimate of drug-likeness (QED) is 0.768. The van der Waals surface area contributed by atoms with Crippen LogP contribution in [-0.2, 0) is 6.42 Å². The van der Waals surface area contributed by atoms with Crippen molar-refractivity contribution in [2.75, 3.05) is 13.7 Å². The van der Waals surface area contributed by atoms with E-state index in [0.717, 1.165) is 16.7 Å². The lowest BCUT2D eigenvalue weighted by Gasteiger charge is -2.13. The Kier molecular flexibility index (Phi) is 3.36. The molecule has 0 bridgehead atoms. The molecule has 3 nitrogen and oxygen atoms in total. The molecule has 0 spiro atoms. The van der Waals surface area contributed by atoms with Crippen molar-refractivity contribution in [2.24, 2.45) is 5.73 Å². The molecule has 0 unspecified atom stereocenters. The molecule has 0 heterocycles. The van der Waals surface area contributed by atoms with Gasteiger partial charge in [0.05, 0.1) is 7.11 Å². The standard InChI is InChI=1S/C11H17NO2/c1-7-6-8(2)11(14-3)10(13)9(7)4-5-12/h6,13H,4-5,12H2,1-3H3. The van der Waals surface area contributed by atoms with E-state index in [2.05, 4.69) is 0 Å². The van der Waals surface area contributed by atoms with Gasteiger partial charge in [0.25, 0.3) is 0 Å². The summed E-state index contributed by atoms with van der Waals surface area (Å²) in [6, 6.07) is 2.00. The predicted octanol–water partition coefficient (Wildman–Crippen LogP) is 1.52. The zero-order valence-electron chi connectivity index (χ0n) is 8.92. The van der Waals surface area contributed by atoms with Gasteiger partial charge in [0, 0.05) is 5.56 Å². The average molecular weight is 195 g/mol. The summed E-state index contributed by atoms with van der Waals surface area (Å²) in [6.07, 6.45) is 0.675. The van der Waals surface area contributed by atoms with E-state index in [4.69, 9.17) is 10.5 Å². The molecule has 3 N–H and O–H groups in total. The second-order valence-corrected chi connectivity index (χ2v) is 3.41. The SMILES string of the molecule is COc1c(C)cc(C)c(CCN)c1O. The summed E-state index contributed by atoms with van der Waals surface area (Å²) in [6.45, 7) is 4.41. The molecule has 1 aromatic carbocycles. The minimum absolute atomic E-state index is 0.232. The van der Waals surface area contributed by atoms with Gasteiger partial charge >= 0.3 is 0 Å². The molecule has 0 aromatic heterocycles. The summed E-state index contributed by atoms with van der Waals surface area (Å²) in [5.41, 5.74) is 8.37. The maximum absolute atomic E-state index is 9.90. The molecule has 0 aliphatic heterocycles. The van der Waals surface area contributed by atoms with Crippen LogP contribution in [0, 0.1) is 13.8 Å². The van der Waals surface area contributed by atoms with Gasteiger partial charge in [0.1, 0.15) is 0 Å². The molecule has 0 radical (unpaired) electrons. The van der Waals surface area contributed by atoms with Gasteiger partial charge in [0.2, 0.25) is 0 Å². The highest BCUT2D eigenvalue weighted by molar-refractivity contribution is 5.54. The molecule has 0 saturated heterocycles. The van der Waals surface area contributed by atoms with E-state index in [0.29, 0.717) is 18.7 Å². The largest absolute Gasteiger partial charge is 0.504 e. The van der Waals surface area contributed by atoms with Crippen LogP contribution in [0.15, 0.2) is 6.07 Å². The number of phenolic OH excluding ortho intramolecular Hbond substituents is 1. The first-order chi connectivity index (χ1) is 6.61. The van der Waals surface area contributed by atoms with Crippen molar-refractivity contribution < 1.29 is 9.84 Å². The minimum atomic E-state index is 0.232. The molecule has 14 heavy (non-hydrogen) atoms. The highest BCUT2D eigenvalue weighted by atomic mass is 16.5. The molecular formula is C11H17NO2. The zero-order chi connectivity index (χ0) is 10.7. The Balaban J connectivity index is 3.28. The minimum Gasteiger partial charge on any atom is -0.504 e. The number of aryl methyl sites for hydroxylation is 2. The Bertz CT molecular complexity index is 335. The summed E-state index contributed by atoms with van der Waals surface area (Å²) >= 11 is 0. The topological polar surface area (TPSA) is 55.5 Å². The Labute approximate surface area is 84.5 Å². The van der Waals surface area contributed by atoms with Crippen molar-refractivity contribution in [3.8, 4) is 11.5 Å². The molecule has 78 valence electrons. The van der Waals surface area contributed by atoms with Crippen LogP contribution < -0.4 is 10.5 Å². The fourth-order valence-electron chi connectivity index (χ4n) is 1.71. The molecule has 1 aromatic rings. The summed E-state index contributed by atoms with van der Waals surface area (Å²) in [4.78, 5) is 0. The van der Waals surface area contributed by atoms with Crippen LogP contribution in [0.25, 0.3) is 0 Å². The Morgan fingerprint density at radius 3 is 2.50 bits per heavy atom. The molecule has 0 atom stereocenters. The first-order valence-corrected chi connectivity index (χ1v) is 4.68. The van der Waals surface area contributed by atoms with Crippen molar-refractivity contribution in [3.63, 3.8) is 0 Å². The molecule has 0 aliphatic rings. The van der Waals surface area contributed by atoms with Crippen LogP contribution in [0.4, 0.5) is 0 Å². The van der Waals surface area contributed by atoms with Crippen LogP contribution in [0.2, 0.25) is 0 Å². The lowest BCUT2D eigenvalue weighted by atomic mass is 10.0. The first-order valence-electron chi connectivity index (χ1n) is 4.68. The van der Waals surface area contributed by atoms with E-state index in [9.17, 15) is 5.11 Å². The summed E-state index contributed by atoms with van der Waals surface area (Å²) < 4.78 is 5.13. The Morgan fingerprint density at radius 1 is 1.36 bits per heavy atom. The maximum atomic E-state index is 9.90. The molecular weight excluding hydrogens is 178 g/mol. The van der Waals surface area contributed by atoms with Crippen molar-refractivity contribution in [3.05, 3.63) is 22.8 Å². The Morgan fingerprint density at radius 2 is 2.00 bits per heavy atom. The number of methoxy groups -OCH3 is 1. The lowest BCUT2D eigenvalue weighted by molar-refractivity contribution is 0.367. The van der Waals surface area contributed by atoms with E-state index in [-0.39, 0.29) is 5.75 Å². The number of aromatic hydroxyl groups is 1. The smallest absolute Gasteiger partial charge is 0.163 e. The monoisotopic (exact) mass is 195 g/mol. The van der Waals surface area contributed by atoms with Gasteiger partial charge in [-0.15, -0.1) is 0 Å². The van der Waals surface area contributed by atoms with Gasteiger partial charge in [-0.2, -0.15) is 0 Å². The third-order valence-electron chi connectivity index (χ3n) is 2.37. The summed E-state index contributed by atoms with van der Waals surface area (Å²) in [7, 11) is 1.56. The summed E-state index contributed by atoms with van der Waals surface area (Å²) in [5.74, 6) is 0.787. The van der Waals surface area contributed by atoms with E-state index in [1.165, 1.54) is 0 Å². The van der Waals surface area contributed by atoms with Gasteiger partial charge in [0.15, 0.2) is 11.5 Å². The fraction of sp³-hybridized carbons (Fsp3) is 0.455. The molecule has 0 aliphatic carbocycles. The van der Waals surface area contributed by atoms with Crippen LogP contribution in [-0.4, -0.2) is 18.8 Å². The Hall–Kier alpha value is -1.22. The lowest BCUT2D eigenvalue weighted by Crippen LogP contribution is -2.05. The number of hydrogen-bond donors (Lipinski definition) is 2. The van der Waals surface area contributed by atoms with Crippen molar-refractivity contribution in [1.29, 1.82) is 0 Å². The van der Waals surface area contributed by atoms with Crippen molar-refractivity contribution in [2.45, 2.75) is 20.3 Å². The number of hydrogen-bond acceptors (Lipinski definition) is 3. The predicted molar refractivity (Wildman–Crippen MR) is 56.9 cm³/mol. The van der Waals surface area contributed by atoms with Gasteiger partial charge in [-0.1, -0.05) is 6.07 Å². The first kappa shape index (κ1) is 10.9. The van der Waals surface area contributed by atoms with Gasteiger partial charge in [-0.05, 0) is 37.9 Å². The normalized spacial score (nSPS) is 10.3. The van der Waals surface area contributed by atoms with Crippen LogP contribution >= 0.6 is 0 Å². The number of benzene rings is 1. The maximum Gasteiger partial charge on any atom is 0.163 e. The molecule has 0 saturated carbocycles. The third kappa shape index (κ3) is 1.82. The molecule has 0 amide bonds. The van der Waals surface area contributed by atoms with Crippen LogP contribution in [0.1, 0.15) is 16.7 Å². The van der Waals surface area contributed by atoms with E-state index < -0.39 is 0 Å². The molecule has 3 heteroatoms. The van der Waals surface area contributed by atoms with E-state index in [1.807, 2.05) is 19.9 Å². The molecule has 0 fully saturated rings. The zero-order valence-corrected chi connectivity index (χ0v) is 8.92. The molecule has 1 rings (SSSR count). The highest BCUT2D eigenvalue weighted by Crippen LogP contribution is 2.35. The highest BCUT2D eigenvalue weighted by Gasteiger charge is 2.12. The number of rotatable bonds is 3. The average Bonchev–Trinajstić information content (AvgIpc) is 2.12. The fourth-order valence-corrected chi connectivity index (χ4v) is 1.71. The number of ether oxygens (including phenoxy) is 1. The third-order valence-corrected chi connectivity index (χ3v) is 2.37.